The van der Waals surface area contributed by atoms with Gasteiger partial charge in [-0.3, -0.25) is 9.88 Å². The Morgan fingerprint density at radius 2 is 1.90 bits per heavy atom. The second-order valence-corrected chi connectivity index (χ2v) is 9.29. The van der Waals surface area contributed by atoms with Gasteiger partial charge in [-0.2, -0.15) is 0 Å². The van der Waals surface area contributed by atoms with Crippen molar-refractivity contribution in [3.63, 3.8) is 0 Å². The van der Waals surface area contributed by atoms with Gasteiger partial charge in [0, 0.05) is 44.6 Å². The molecule has 0 unspecified atom stereocenters. The standard InChI is InChI=1S/C26H36FN3O/c1-31-26-15-21(11-12-25(26)27)17-29(18-22-7-5-13-28-16-22)19-23-8-6-14-30(20-23)24-9-3-2-4-10-24/h5,7,11-13,15-16,23-24H,2-4,6,8-10,14,17-20H2,1H3/t23-/m0/s1. The molecule has 4 nitrogen and oxygen atoms in total. The van der Waals surface area contributed by atoms with E-state index in [9.17, 15) is 4.39 Å². The molecule has 1 atom stereocenters. The second-order valence-electron chi connectivity index (χ2n) is 9.29. The van der Waals surface area contributed by atoms with Crippen LogP contribution >= 0.6 is 0 Å². The molecule has 31 heavy (non-hydrogen) atoms. The molecule has 168 valence electrons. The van der Waals surface area contributed by atoms with E-state index < -0.39 is 0 Å². The van der Waals surface area contributed by atoms with Crippen molar-refractivity contribution in [1.82, 2.24) is 14.8 Å². The van der Waals surface area contributed by atoms with E-state index in [1.807, 2.05) is 30.6 Å². The number of likely N-dealkylation sites (tertiary alicyclic amines) is 1. The molecule has 0 spiro atoms. The third kappa shape index (κ3) is 6.27. The molecular weight excluding hydrogens is 389 g/mol. The number of ether oxygens (including phenoxy) is 1. The minimum atomic E-state index is -0.305. The first kappa shape index (κ1) is 22.2. The highest BCUT2D eigenvalue weighted by molar-refractivity contribution is 5.30. The van der Waals surface area contributed by atoms with E-state index in [4.69, 9.17) is 4.74 Å². The number of nitrogens with zero attached hydrogens (tertiary/aromatic N) is 3. The minimum absolute atomic E-state index is 0.305. The molecule has 1 saturated heterocycles. The molecule has 2 aromatic rings. The SMILES string of the molecule is COc1cc(CN(Cc2cccnc2)C[C@@H]2CCCN(C3CCCCC3)C2)ccc1F. The average Bonchev–Trinajstić information content (AvgIpc) is 2.82. The van der Waals surface area contributed by atoms with E-state index in [2.05, 4.69) is 20.9 Å². The maximum atomic E-state index is 13.9. The van der Waals surface area contributed by atoms with Gasteiger partial charge in [-0.25, -0.2) is 4.39 Å². The summed E-state index contributed by atoms with van der Waals surface area (Å²) in [7, 11) is 1.53. The normalized spacial score (nSPS) is 20.8. The third-order valence-corrected chi connectivity index (χ3v) is 6.91. The summed E-state index contributed by atoms with van der Waals surface area (Å²) >= 11 is 0. The molecule has 1 aromatic carbocycles. The Labute approximate surface area is 186 Å². The van der Waals surface area contributed by atoms with Crippen LogP contribution in [0.5, 0.6) is 5.75 Å². The van der Waals surface area contributed by atoms with E-state index in [-0.39, 0.29) is 5.82 Å². The van der Waals surface area contributed by atoms with Crippen molar-refractivity contribution in [2.75, 3.05) is 26.7 Å². The van der Waals surface area contributed by atoms with Gasteiger partial charge in [-0.15, -0.1) is 0 Å². The maximum absolute atomic E-state index is 13.9. The van der Waals surface area contributed by atoms with Gasteiger partial charge in [0.2, 0.25) is 0 Å². The first-order chi connectivity index (χ1) is 15.2. The number of methoxy groups -OCH3 is 1. The lowest BCUT2D eigenvalue weighted by Crippen LogP contribution is -2.46. The predicted octanol–water partition coefficient (Wildman–Crippen LogP) is 5.28. The van der Waals surface area contributed by atoms with E-state index in [1.54, 1.807) is 0 Å². The van der Waals surface area contributed by atoms with Crippen molar-refractivity contribution in [3.8, 4) is 5.75 Å². The molecule has 1 aromatic heterocycles. The number of piperidine rings is 1. The highest BCUT2D eigenvalue weighted by Crippen LogP contribution is 2.28. The fourth-order valence-electron chi connectivity index (χ4n) is 5.38. The van der Waals surface area contributed by atoms with Gasteiger partial charge in [0.1, 0.15) is 0 Å². The Bertz CT molecular complexity index is 810. The topological polar surface area (TPSA) is 28.6 Å². The van der Waals surface area contributed by atoms with Gasteiger partial charge < -0.3 is 9.64 Å². The molecule has 1 saturated carbocycles. The zero-order valence-electron chi connectivity index (χ0n) is 18.8. The van der Waals surface area contributed by atoms with Crippen LogP contribution in [0.15, 0.2) is 42.7 Å². The average molecular weight is 426 g/mol. The van der Waals surface area contributed by atoms with Crippen LogP contribution in [0.25, 0.3) is 0 Å². The van der Waals surface area contributed by atoms with E-state index in [1.165, 1.54) is 76.8 Å². The molecule has 1 aliphatic heterocycles. The van der Waals surface area contributed by atoms with Gasteiger partial charge >= 0.3 is 0 Å². The Hall–Kier alpha value is -1.98. The van der Waals surface area contributed by atoms with Crippen molar-refractivity contribution in [2.24, 2.45) is 5.92 Å². The quantitative estimate of drug-likeness (QED) is 0.576. The molecule has 5 heteroatoms. The lowest BCUT2D eigenvalue weighted by Gasteiger charge is -2.41. The lowest BCUT2D eigenvalue weighted by atomic mass is 9.90. The Kier molecular flexibility index (Phi) is 7.92. The van der Waals surface area contributed by atoms with Crippen LogP contribution in [0.2, 0.25) is 0 Å². The number of hydrogen-bond acceptors (Lipinski definition) is 4. The monoisotopic (exact) mass is 425 g/mol. The first-order valence-corrected chi connectivity index (χ1v) is 11.9. The number of aromatic nitrogens is 1. The summed E-state index contributed by atoms with van der Waals surface area (Å²) in [5.74, 6) is 0.690. The van der Waals surface area contributed by atoms with Crippen LogP contribution in [-0.4, -0.2) is 47.6 Å². The molecule has 0 N–H and O–H groups in total. The lowest BCUT2D eigenvalue weighted by molar-refractivity contribution is 0.0771. The fraction of sp³-hybridized carbons (Fsp3) is 0.577. The van der Waals surface area contributed by atoms with Gasteiger partial charge in [-0.1, -0.05) is 31.4 Å². The Balaban J connectivity index is 1.44. The van der Waals surface area contributed by atoms with Gasteiger partial charge in [-0.05, 0) is 67.5 Å². The smallest absolute Gasteiger partial charge is 0.165 e. The van der Waals surface area contributed by atoms with Crippen LogP contribution < -0.4 is 4.74 Å². The number of halogens is 1. The summed E-state index contributed by atoms with van der Waals surface area (Å²) < 4.78 is 19.1. The fourth-order valence-corrected chi connectivity index (χ4v) is 5.38. The van der Waals surface area contributed by atoms with Gasteiger partial charge in [0.15, 0.2) is 11.6 Å². The highest BCUT2D eigenvalue weighted by atomic mass is 19.1. The van der Waals surface area contributed by atoms with Crippen LogP contribution in [0.3, 0.4) is 0 Å². The van der Waals surface area contributed by atoms with Crippen LogP contribution in [-0.2, 0) is 13.1 Å². The molecule has 0 bridgehead atoms. The minimum Gasteiger partial charge on any atom is -0.494 e. The molecule has 0 radical (unpaired) electrons. The van der Waals surface area contributed by atoms with Crippen LogP contribution in [0.4, 0.5) is 4.39 Å². The molecule has 4 rings (SSSR count). The summed E-state index contributed by atoms with van der Waals surface area (Å²) in [5.41, 5.74) is 2.30. The van der Waals surface area contributed by atoms with Crippen molar-refractivity contribution in [1.29, 1.82) is 0 Å². The number of hydrogen-bond donors (Lipinski definition) is 0. The van der Waals surface area contributed by atoms with Crippen molar-refractivity contribution >= 4 is 0 Å². The maximum Gasteiger partial charge on any atom is 0.165 e. The largest absolute Gasteiger partial charge is 0.494 e. The van der Waals surface area contributed by atoms with Crippen LogP contribution in [0.1, 0.15) is 56.1 Å². The third-order valence-electron chi connectivity index (χ3n) is 6.91. The first-order valence-electron chi connectivity index (χ1n) is 11.9. The highest BCUT2D eigenvalue weighted by Gasteiger charge is 2.28. The zero-order valence-corrected chi connectivity index (χ0v) is 18.8. The number of pyridine rings is 1. The van der Waals surface area contributed by atoms with Crippen molar-refractivity contribution in [3.05, 3.63) is 59.7 Å². The molecule has 2 aliphatic rings. The predicted molar refractivity (Wildman–Crippen MR) is 122 cm³/mol. The summed E-state index contributed by atoms with van der Waals surface area (Å²) in [6.45, 7) is 5.16. The molecule has 2 fully saturated rings. The summed E-state index contributed by atoms with van der Waals surface area (Å²) in [4.78, 5) is 9.57. The second kappa shape index (κ2) is 11.1. The van der Waals surface area contributed by atoms with Gasteiger partial charge in [0.25, 0.3) is 0 Å². The number of benzene rings is 1. The van der Waals surface area contributed by atoms with Crippen molar-refractivity contribution in [2.45, 2.75) is 64.1 Å². The summed E-state index contributed by atoms with van der Waals surface area (Å²) in [6, 6.07) is 10.2. The number of rotatable bonds is 8. The molecular formula is C26H36FN3O. The van der Waals surface area contributed by atoms with E-state index in [0.717, 1.165) is 31.2 Å². The van der Waals surface area contributed by atoms with E-state index >= 15 is 0 Å². The van der Waals surface area contributed by atoms with E-state index in [0.29, 0.717) is 11.7 Å². The Morgan fingerprint density at radius 3 is 2.68 bits per heavy atom. The summed E-state index contributed by atoms with van der Waals surface area (Å²) in [5, 5.41) is 0. The molecule has 0 amide bonds. The van der Waals surface area contributed by atoms with Crippen molar-refractivity contribution < 1.29 is 9.13 Å². The molecule has 1 aliphatic carbocycles. The van der Waals surface area contributed by atoms with Crippen LogP contribution in [0, 0.1) is 11.7 Å². The van der Waals surface area contributed by atoms with Gasteiger partial charge in [0.05, 0.1) is 7.11 Å². The summed E-state index contributed by atoms with van der Waals surface area (Å²) in [6.07, 6.45) is 13.3. The zero-order chi connectivity index (χ0) is 21.5. The Morgan fingerprint density at radius 1 is 1.06 bits per heavy atom. The molecule has 2 heterocycles.